The van der Waals surface area contributed by atoms with E-state index in [1.165, 1.54) is 58.8 Å². The van der Waals surface area contributed by atoms with Crippen LogP contribution >= 0.6 is 11.3 Å². The highest BCUT2D eigenvalue weighted by Gasteiger charge is 2.14. The standard InChI is InChI=1S/C35H22N2S/c1-21-7-4-13-29-30-14-6-12-25(35(30)38-34(21)29)24-9-5-8-22(19-24)23-15-16-28-31(20-23)26-10-2-3-11-27(26)32-33(28)37-18-17-36-32/h2-20H,1H3. The van der Waals surface area contributed by atoms with Crippen molar-refractivity contribution in [2.45, 2.75) is 6.92 Å². The fourth-order valence-electron chi connectivity index (χ4n) is 5.86. The molecule has 6 aromatic carbocycles. The van der Waals surface area contributed by atoms with Gasteiger partial charge in [0, 0.05) is 43.3 Å². The van der Waals surface area contributed by atoms with Crippen LogP contribution in [-0.4, -0.2) is 9.97 Å². The number of fused-ring (bicyclic) bond motifs is 9. The van der Waals surface area contributed by atoms with Gasteiger partial charge < -0.3 is 0 Å². The lowest BCUT2D eigenvalue weighted by Gasteiger charge is -2.11. The predicted molar refractivity (Wildman–Crippen MR) is 163 cm³/mol. The fourth-order valence-corrected chi connectivity index (χ4v) is 7.17. The average molecular weight is 503 g/mol. The van der Waals surface area contributed by atoms with Crippen LogP contribution < -0.4 is 0 Å². The normalized spacial score (nSPS) is 11.8. The molecule has 8 aromatic rings. The Morgan fingerprint density at radius 2 is 1.11 bits per heavy atom. The first kappa shape index (κ1) is 21.5. The van der Waals surface area contributed by atoms with Crippen molar-refractivity contribution in [1.29, 1.82) is 0 Å². The summed E-state index contributed by atoms with van der Waals surface area (Å²) >= 11 is 1.90. The second kappa shape index (κ2) is 8.20. The van der Waals surface area contributed by atoms with Gasteiger partial charge in [0.05, 0.1) is 11.0 Å². The lowest BCUT2D eigenvalue weighted by Crippen LogP contribution is -1.89. The number of benzene rings is 6. The van der Waals surface area contributed by atoms with Crippen LogP contribution in [0.25, 0.3) is 75.0 Å². The molecule has 0 spiro atoms. The zero-order chi connectivity index (χ0) is 25.2. The van der Waals surface area contributed by atoms with Crippen LogP contribution in [0.1, 0.15) is 5.56 Å². The summed E-state index contributed by atoms with van der Waals surface area (Å²) in [5.74, 6) is 0. The van der Waals surface area contributed by atoms with Gasteiger partial charge in [-0.15, -0.1) is 11.3 Å². The molecule has 0 atom stereocenters. The first-order valence-corrected chi connectivity index (χ1v) is 13.6. The van der Waals surface area contributed by atoms with Gasteiger partial charge in [-0.3, -0.25) is 9.97 Å². The van der Waals surface area contributed by atoms with Crippen LogP contribution in [-0.2, 0) is 0 Å². The lowest BCUT2D eigenvalue weighted by atomic mass is 9.94. The van der Waals surface area contributed by atoms with Crippen LogP contribution in [0.2, 0.25) is 0 Å². The number of aromatic nitrogens is 2. The minimum atomic E-state index is 0.952. The van der Waals surface area contributed by atoms with Gasteiger partial charge in [-0.2, -0.15) is 0 Å². The third-order valence-electron chi connectivity index (χ3n) is 7.67. The average Bonchev–Trinajstić information content (AvgIpc) is 3.37. The highest BCUT2D eigenvalue weighted by molar-refractivity contribution is 7.26. The second-order valence-corrected chi connectivity index (χ2v) is 10.9. The number of aryl methyl sites for hydroxylation is 1. The molecule has 0 aliphatic heterocycles. The third-order valence-corrected chi connectivity index (χ3v) is 9.06. The van der Waals surface area contributed by atoms with E-state index in [0.717, 1.165) is 21.8 Å². The molecule has 2 nitrogen and oxygen atoms in total. The van der Waals surface area contributed by atoms with E-state index in [9.17, 15) is 0 Å². The molecule has 0 aliphatic rings. The van der Waals surface area contributed by atoms with Gasteiger partial charge >= 0.3 is 0 Å². The Morgan fingerprint density at radius 1 is 0.474 bits per heavy atom. The Kier molecular flexibility index (Phi) is 4.64. The molecule has 0 saturated heterocycles. The largest absolute Gasteiger partial charge is 0.252 e. The lowest BCUT2D eigenvalue weighted by molar-refractivity contribution is 1.31. The molecular formula is C35H22N2S. The maximum atomic E-state index is 4.71. The van der Waals surface area contributed by atoms with Crippen LogP contribution in [0.15, 0.2) is 116 Å². The van der Waals surface area contributed by atoms with Gasteiger partial charge in [-0.05, 0) is 57.6 Å². The molecule has 0 bridgehead atoms. The molecule has 38 heavy (non-hydrogen) atoms. The number of hydrogen-bond donors (Lipinski definition) is 0. The summed E-state index contributed by atoms with van der Waals surface area (Å²) in [6, 6.07) is 37.5. The van der Waals surface area contributed by atoms with Crippen LogP contribution in [0.4, 0.5) is 0 Å². The quantitative estimate of drug-likeness (QED) is 0.220. The Balaban J connectivity index is 1.34. The van der Waals surface area contributed by atoms with E-state index >= 15 is 0 Å². The number of hydrogen-bond acceptors (Lipinski definition) is 3. The fraction of sp³-hybridized carbons (Fsp3) is 0.0286. The second-order valence-electron chi connectivity index (χ2n) is 9.88. The minimum Gasteiger partial charge on any atom is -0.252 e. The summed E-state index contributed by atoms with van der Waals surface area (Å²) in [6.45, 7) is 2.20. The Labute approximate surface area is 223 Å². The summed E-state index contributed by atoms with van der Waals surface area (Å²) < 4.78 is 2.73. The van der Waals surface area contributed by atoms with Crippen molar-refractivity contribution in [3.8, 4) is 22.3 Å². The molecule has 0 N–H and O–H groups in total. The van der Waals surface area contributed by atoms with E-state index in [4.69, 9.17) is 4.98 Å². The van der Waals surface area contributed by atoms with Crippen LogP contribution in [0, 0.1) is 6.92 Å². The van der Waals surface area contributed by atoms with Crippen molar-refractivity contribution in [2.24, 2.45) is 0 Å². The summed E-state index contributed by atoms with van der Waals surface area (Å²) in [6.07, 6.45) is 3.56. The number of rotatable bonds is 2. The van der Waals surface area contributed by atoms with E-state index < -0.39 is 0 Å². The molecule has 8 rings (SSSR count). The summed E-state index contributed by atoms with van der Waals surface area (Å²) in [5, 5.41) is 7.37. The van der Waals surface area contributed by atoms with Crippen molar-refractivity contribution in [1.82, 2.24) is 9.97 Å². The summed E-state index contributed by atoms with van der Waals surface area (Å²) in [5.41, 5.74) is 8.19. The van der Waals surface area contributed by atoms with Gasteiger partial charge in [0.2, 0.25) is 0 Å². The van der Waals surface area contributed by atoms with E-state index in [1.54, 1.807) is 12.4 Å². The molecule has 0 amide bonds. The third kappa shape index (κ3) is 3.12. The maximum absolute atomic E-state index is 4.71. The van der Waals surface area contributed by atoms with Crippen molar-refractivity contribution in [3.05, 3.63) is 121 Å². The van der Waals surface area contributed by atoms with Crippen LogP contribution in [0.5, 0.6) is 0 Å². The zero-order valence-electron chi connectivity index (χ0n) is 20.8. The van der Waals surface area contributed by atoms with Crippen molar-refractivity contribution < 1.29 is 0 Å². The zero-order valence-corrected chi connectivity index (χ0v) is 21.6. The van der Waals surface area contributed by atoms with Gasteiger partial charge in [0.15, 0.2) is 0 Å². The Morgan fingerprint density at radius 3 is 1.95 bits per heavy atom. The van der Waals surface area contributed by atoms with Gasteiger partial charge in [-0.25, -0.2) is 0 Å². The van der Waals surface area contributed by atoms with E-state index in [1.807, 2.05) is 11.3 Å². The summed E-state index contributed by atoms with van der Waals surface area (Å²) in [7, 11) is 0. The van der Waals surface area contributed by atoms with E-state index in [2.05, 4.69) is 115 Å². The first-order valence-electron chi connectivity index (χ1n) is 12.8. The molecule has 0 radical (unpaired) electrons. The molecule has 3 heteroatoms. The SMILES string of the molecule is Cc1cccc2c1sc1c(-c3cccc(-c4ccc5c(c4)c4ccccc4c4nccnc54)c3)cccc12. The molecule has 2 aromatic heterocycles. The molecular weight excluding hydrogens is 480 g/mol. The monoisotopic (exact) mass is 502 g/mol. The molecule has 0 saturated carbocycles. The molecule has 2 heterocycles. The molecule has 0 unspecified atom stereocenters. The minimum absolute atomic E-state index is 0.952. The van der Waals surface area contributed by atoms with Crippen molar-refractivity contribution in [3.63, 3.8) is 0 Å². The number of nitrogens with zero attached hydrogens (tertiary/aromatic N) is 2. The summed E-state index contributed by atoms with van der Waals surface area (Å²) in [4.78, 5) is 9.38. The molecule has 0 fully saturated rings. The maximum Gasteiger partial charge on any atom is 0.0971 e. The molecule has 0 aliphatic carbocycles. The first-order chi connectivity index (χ1) is 18.8. The predicted octanol–water partition coefficient (Wildman–Crippen LogP) is 9.95. The van der Waals surface area contributed by atoms with Gasteiger partial charge in [0.25, 0.3) is 0 Å². The topological polar surface area (TPSA) is 25.8 Å². The Bertz CT molecular complexity index is 2170. The van der Waals surface area contributed by atoms with E-state index in [-0.39, 0.29) is 0 Å². The Hall–Kier alpha value is -4.60. The van der Waals surface area contributed by atoms with Gasteiger partial charge in [0.1, 0.15) is 0 Å². The van der Waals surface area contributed by atoms with Gasteiger partial charge in [-0.1, -0.05) is 91.0 Å². The highest BCUT2D eigenvalue weighted by Crippen LogP contribution is 2.42. The van der Waals surface area contributed by atoms with Crippen molar-refractivity contribution >= 4 is 64.1 Å². The van der Waals surface area contributed by atoms with Crippen LogP contribution in [0.3, 0.4) is 0 Å². The highest BCUT2D eigenvalue weighted by atomic mass is 32.1. The molecule has 178 valence electrons. The van der Waals surface area contributed by atoms with Crippen molar-refractivity contribution in [2.75, 3.05) is 0 Å². The number of thiophene rings is 1. The smallest absolute Gasteiger partial charge is 0.0971 e. The van der Waals surface area contributed by atoms with E-state index in [0.29, 0.717) is 0 Å².